The van der Waals surface area contributed by atoms with E-state index in [1.54, 1.807) is 23.9 Å². The van der Waals surface area contributed by atoms with E-state index in [4.69, 9.17) is 11.6 Å². The number of aromatic nitrogens is 1. The molecule has 1 aliphatic heterocycles. The monoisotopic (exact) mass is 403 g/mol. The molecule has 0 aliphatic carbocycles. The molecule has 3 nitrogen and oxygen atoms in total. The lowest BCUT2D eigenvalue weighted by molar-refractivity contribution is -0.137. The van der Waals surface area contributed by atoms with Crippen LogP contribution in [0.3, 0.4) is 0 Å². The third-order valence-corrected chi connectivity index (χ3v) is 6.51. The molecule has 2 heterocycles. The summed E-state index contributed by atoms with van der Waals surface area (Å²) in [5, 5.41) is 11.1. The average Bonchev–Trinajstić information content (AvgIpc) is 3.16. The van der Waals surface area contributed by atoms with Crippen LogP contribution >= 0.6 is 23.4 Å². The third kappa shape index (κ3) is 3.34. The summed E-state index contributed by atoms with van der Waals surface area (Å²) in [5.41, 5.74) is 2.84. The van der Waals surface area contributed by atoms with Gasteiger partial charge in [-0.1, -0.05) is 30.3 Å². The molecule has 4 rings (SSSR count). The fraction of sp³-hybridized carbons (Fsp3) is 0.286. The fourth-order valence-corrected chi connectivity index (χ4v) is 5.34. The zero-order chi connectivity index (χ0) is 19.1. The van der Waals surface area contributed by atoms with E-state index in [9.17, 15) is 14.3 Å². The number of aryl methyl sites for hydroxylation is 2. The Morgan fingerprint density at radius 1 is 1.33 bits per heavy atom. The van der Waals surface area contributed by atoms with Crippen molar-refractivity contribution in [1.82, 2.24) is 4.57 Å². The highest BCUT2D eigenvalue weighted by atomic mass is 35.5. The van der Waals surface area contributed by atoms with E-state index in [1.807, 2.05) is 31.2 Å². The minimum absolute atomic E-state index is 0.0579. The number of halogens is 2. The summed E-state index contributed by atoms with van der Waals surface area (Å²) in [5.74, 6) is -1.11. The first-order valence-electron chi connectivity index (χ1n) is 8.97. The molecule has 0 spiro atoms. The number of hydrogen-bond acceptors (Lipinski definition) is 2. The lowest BCUT2D eigenvalue weighted by atomic mass is 9.99. The molecule has 0 fully saturated rings. The summed E-state index contributed by atoms with van der Waals surface area (Å²) in [6, 6.07) is 10.8. The van der Waals surface area contributed by atoms with E-state index in [0.29, 0.717) is 5.02 Å². The van der Waals surface area contributed by atoms with Gasteiger partial charge in [-0.15, -0.1) is 0 Å². The Kier molecular flexibility index (Phi) is 4.91. The SMILES string of the molecule is CCc1cc(F)cc2c1c(Sc1ccc(Cl)cc1)c1n2CCC1CC(=O)O. The first-order chi connectivity index (χ1) is 13.0. The first-order valence-corrected chi connectivity index (χ1v) is 10.2. The van der Waals surface area contributed by atoms with E-state index in [0.717, 1.165) is 51.3 Å². The molecule has 27 heavy (non-hydrogen) atoms. The summed E-state index contributed by atoms with van der Waals surface area (Å²) < 4.78 is 16.3. The van der Waals surface area contributed by atoms with E-state index < -0.39 is 5.97 Å². The summed E-state index contributed by atoms with van der Waals surface area (Å²) in [7, 11) is 0. The van der Waals surface area contributed by atoms with Crippen LogP contribution in [0, 0.1) is 5.82 Å². The van der Waals surface area contributed by atoms with Crippen LogP contribution in [0.15, 0.2) is 46.2 Å². The van der Waals surface area contributed by atoms with Crippen LogP contribution in [0.5, 0.6) is 0 Å². The second-order valence-electron chi connectivity index (χ2n) is 6.82. The number of aliphatic carboxylic acids is 1. The fourth-order valence-electron chi connectivity index (χ4n) is 3.98. The van der Waals surface area contributed by atoms with Gasteiger partial charge in [0.1, 0.15) is 5.82 Å². The number of nitrogens with zero attached hydrogens (tertiary/aromatic N) is 1. The Labute approximate surface area is 166 Å². The smallest absolute Gasteiger partial charge is 0.304 e. The number of fused-ring (bicyclic) bond motifs is 3. The molecule has 1 N–H and O–H groups in total. The number of carboxylic acids is 1. The van der Waals surface area contributed by atoms with Crippen molar-refractivity contribution in [2.45, 2.75) is 48.4 Å². The van der Waals surface area contributed by atoms with E-state index in [1.165, 1.54) is 0 Å². The Hall–Kier alpha value is -1.98. The predicted molar refractivity (Wildman–Crippen MR) is 106 cm³/mol. The standard InChI is InChI=1S/C21H19ClFNO2S/c1-2-12-9-15(23)11-17-19(12)21(27-16-5-3-14(22)4-6-16)20-13(10-18(25)26)7-8-24(17)20/h3-6,9,11,13H,2,7-8,10H2,1H3,(H,25,26). The van der Waals surface area contributed by atoms with Crippen LogP contribution in [0.4, 0.5) is 4.39 Å². The lowest BCUT2D eigenvalue weighted by Crippen LogP contribution is -2.04. The number of carboxylic acid groups (broad SMARTS) is 1. The molecule has 1 unspecified atom stereocenters. The van der Waals surface area contributed by atoms with Crippen molar-refractivity contribution in [2.75, 3.05) is 0 Å². The third-order valence-electron chi connectivity index (χ3n) is 5.13. The van der Waals surface area contributed by atoms with E-state index >= 15 is 0 Å². The van der Waals surface area contributed by atoms with Crippen molar-refractivity contribution in [1.29, 1.82) is 0 Å². The molecule has 0 saturated heterocycles. The Morgan fingerprint density at radius 3 is 2.74 bits per heavy atom. The zero-order valence-corrected chi connectivity index (χ0v) is 16.4. The highest BCUT2D eigenvalue weighted by molar-refractivity contribution is 7.99. The minimum Gasteiger partial charge on any atom is -0.481 e. The van der Waals surface area contributed by atoms with Gasteiger partial charge in [0.15, 0.2) is 0 Å². The summed E-state index contributed by atoms with van der Waals surface area (Å²) >= 11 is 7.62. The number of carbonyl (C=O) groups is 1. The maximum Gasteiger partial charge on any atom is 0.304 e. The summed E-state index contributed by atoms with van der Waals surface area (Å²) in [6.07, 6.45) is 1.58. The maximum atomic E-state index is 14.2. The Morgan fingerprint density at radius 2 is 2.07 bits per heavy atom. The summed E-state index contributed by atoms with van der Waals surface area (Å²) in [6.45, 7) is 2.74. The number of hydrogen-bond donors (Lipinski definition) is 1. The maximum absolute atomic E-state index is 14.2. The van der Waals surface area contributed by atoms with Crippen LogP contribution in [0.25, 0.3) is 10.9 Å². The molecule has 3 aromatic rings. The van der Waals surface area contributed by atoms with Crippen molar-refractivity contribution in [3.63, 3.8) is 0 Å². The van der Waals surface area contributed by atoms with Crippen LogP contribution in [0.1, 0.15) is 36.9 Å². The summed E-state index contributed by atoms with van der Waals surface area (Å²) in [4.78, 5) is 13.5. The van der Waals surface area contributed by atoms with Gasteiger partial charge in [0, 0.05) is 38.4 Å². The predicted octanol–water partition coefficient (Wildman–Crippen LogP) is 6.11. The average molecular weight is 404 g/mol. The molecule has 6 heteroatoms. The Bertz CT molecular complexity index is 1030. The van der Waals surface area contributed by atoms with Crippen LogP contribution < -0.4 is 0 Å². The molecule has 2 aromatic carbocycles. The molecule has 0 bridgehead atoms. The molecular weight excluding hydrogens is 385 g/mol. The normalized spacial score (nSPS) is 16.0. The molecule has 0 amide bonds. The van der Waals surface area contributed by atoms with Crippen LogP contribution in [0.2, 0.25) is 5.02 Å². The van der Waals surface area contributed by atoms with Gasteiger partial charge >= 0.3 is 5.97 Å². The second kappa shape index (κ2) is 7.21. The van der Waals surface area contributed by atoms with Crippen molar-refractivity contribution in [2.24, 2.45) is 0 Å². The highest BCUT2D eigenvalue weighted by Gasteiger charge is 2.32. The van der Waals surface area contributed by atoms with Gasteiger partial charge in [-0.3, -0.25) is 4.79 Å². The van der Waals surface area contributed by atoms with E-state index in [-0.39, 0.29) is 18.2 Å². The quantitative estimate of drug-likeness (QED) is 0.558. The largest absolute Gasteiger partial charge is 0.481 e. The first kappa shape index (κ1) is 18.4. The number of rotatable bonds is 5. The van der Waals surface area contributed by atoms with Crippen LogP contribution in [-0.4, -0.2) is 15.6 Å². The van der Waals surface area contributed by atoms with Crippen molar-refractivity contribution in [3.05, 3.63) is 58.5 Å². The van der Waals surface area contributed by atoms with Gasteiger partial charge in [-0.2, -0.15) is 0 Å². The molecule has 140 valence electrons. The van der Waals surface area contributed by atoms with Crippen LogP contribution in [-0.2, 0) is 17.8 Å². The molecule has 1 aromatic heterocycles. The lowest BCUT2D eigenvalue weighted by Gasteiger charge is -2.11. The number of benzene rings is 2. The second-order valence-corrected chi connectivity index (χ2v) is 8.34. The van der Waals surface area contributed by atoms with Gasteiger partial charge in [0.05, 0.1) is 11.9 Å². The molecule has 1 atom stereocenters. The van der Waals surface area contributed by atoms with Gasteiger partial charge in [0.2, 0.25) is 0 Å². The van der Waals surface area contributed by atoms with Crippen molar-refractivity contribution in [3.8, 4) is 0 Å². The topological polar surface area (TPSA) is 42.2 Å². The minimum atomic E-state index is -0.803. The highest BCUT2D eigenvalue weighted by Crippen LogP contribution is 2.48. The molecule has 1 aliphatic rings. The van der Waals surface area contributed by atoms with Gasteiger partial charge in [-0.25, -0.2) is 4.39 Å². The van der Waals surface area contributed by atoms with E-state index in [2.05, 4.69) is 4.57 Å². The zero-order valence-electron chi connectivity index (χ0n) is 14.8. The van der Waals surface area contributed by atoms with Gasteiger partial charge in [0.25, 0.3) is 0 Å². The Balaban J connectivity index is 1.93. The molecule has 0 radical (unpaired) electrons. The van der Waals surface area contributed by atoms with Crippen molar-refractivity contribution < 1.29 is 14.3 Å². The molecule has 0 saturated carbocycles. The van der Waals surface area contributed by atoms with Crippen molar-refractivity contribution >= 4 is 40.2 Å². The van der Waals surface area contributed by atoms with Gasteiger partial charge < -0.3 is 9.67 Å². The van der Waals surface area contributed by atoms with Gasteiger partial charge in [-0.05, 0) is 54.8 Å². The molecular formula is C21H19ClFNO2S.